The smallest absolute Gasteiger partial charge is 0.144 e. The van der Waals surface area contributed by atoms with Crippen LogP contribution in [0.25, 0.3) is 66.2 Å². The quantitative estimate of drug-likeness (QED) is 0.234. The van der Waals surface area contributed by atoms with Crippen molar-refractivity contribution < 1.29 is 20.9 Å². The van der Waals surface area contributed by atoms with Crippen molar-refractivity contribution in [2.75, 3.05) is 0 Å². The van der Waals surface area contributed by atoms with E-state index in [-0.39, 0.29) is 38.9 Å². The standard InChI is InChI=1S/C37H29NO/c1-22-12-14-27(15-13-22)32-18-24(3)33(19-23(32)2)34-20-35(38-21-25(34)4)31-11-7-10-29-30-17-16-26-8-5-6-9-28(26)36(30)39-37(29)31/h5-21H,1-4H3/i1D3,2D3,3D3,4D3. The van der Waals surface area contributed by atoms with Crippen molar-refractivity contribution in [2.45, 2.75) is 27.4 Å². The lowest BCUT2D eigenvalue weighted by Gasteiger charge is -2.16. The summed E-state index contributed by atoms with van der Waals surface area (Å²) >= 11 is 0. The molecule has 0 aliphatic heterocycles. The van der Waals surface area contributed by atoms with Gasteiger partial charge in [-0.2, -0.15) is 0 Å². The highest BCUT2D eigenvalue weighted by Crippen LogP contribution is 2.40. The van der Waals surface area contributed by atoms with Crippen molar-refractivity contribution in [3.8, 4) is 33.5 Å². The van der Waals surface area contributed by atoms with Crippen molar-refractivity contribution in [2.24, 2.45) is 0 Å². The van der Waals surface area contributed by atoms with E-state index in [1.54, 1.807) is 6.07 Å². The number of para-hydroxylation sites is 1. The Morgan fingerprint density at radius 1 is 0.564 bits per heavy atom. The Kier molecular flexibility index (Phi) is 3.19. The third kappa shape index (κ3) is 3.83. The number of fused-ring (bicyclic) bond motifs is 5. The maximum absolute atomic E-state index is 8.49. The van der Waals surface area contributed by atoms with Crippen molar-refractivity contribution in [3.05, 3.63) is 126 Å². The minimum absolute atomic E-state index is 0.0144. The number of rotatable bonds is 3. The lowest BCUT2D eigenvalue weighted by Crippen LogP contribution is -1.94. The number of aryl methyl sites for hydroxylation is 4. The van der Waals surface area contributed by atoms with Crippen LogP contribution in [0.1, 0.15) is 38.7 Å². The molecule has 2 aromatic heterocycles. The molecule has 0 amide bonds. The predicted octanol–water partition coefficient (Wildman–Crippen LogP) is 10.4. The summed E-state index contributed by atoms with van der Waals surface area (Å²) in [5, 5.41) is 3.58. The molecule has 0 unspecified atom stereocenters. The van der Waals surface area contributed by atoms with Crippen LogP contribution in [0, 0.1) is 27.4 Å². The zero-order valence-electron chi connectivity index (χ0n) is 32.7. The topological polar surface area (TPSA) is 26.0 Å². The number of nitrogens with zero attached hydrogens (tertiary/aromatic N) is 1. The molecule has 0 aliphatic rings. The fraction of sp³-hybridized carbons (Fsp3) is 0.108. The summed E-state index contributed by atoms with van der Waals surface area (Å²) in [6, 6.07) is 26.8. The number of benzene rings is 5. The fourth-order valence-corrected chi connectivity index (χ4v) is 5.26. The zero-order valence-corrected chi connectivity index (χ0v) is 20.7. The van der Waals surface area contributed by atoms with E-state index in [0.717, 1.165) is 21.5 Å². The average molecular weight is 516 g/mol. The summed E-state index contributed by atoms with van der Waals surface area (Å²) in [5.74, 6) is 0. The van der Waals surface area contributed by atoms with E-state index in [2.05, 4.69) is 4.98 Å². The Hall–Kier alpha value is -4.69. The normalized spacial score (nSPS) is 17.4. The van der Waals surface area contributed by atoms with Gasteiger partial charge in [-0.3, -0.25) is 4.98 Å². The van der Waals surface area contributed by atoms with E-state index in [4.69, 9.17) is 20.9 Å². The van der Waals surface area contributed by atoms with Gasteiger partial charge in [-0.25, -0.2) is 0 Å². The van der Waals surface area contributed by atoms with Crippen LogP contribution in [0.3, 0.4) is 0 Å². The fourth-order valence-electron chi connectivity index (χ4n) is 5.26. The predicted molar refractivity (Wildman–Crippen MR) is 164 cm³/mol. The Bertz CT molecular complexity index is 2470. The van der Waals surface area contributed by atoms with E-state index < -0.39 is 27.4 Å². The van der Waals surface area contributed by atoms with Crippen LogP contribution in [0.2, 0.25) is 0 Å². The second kappa shape index (κ2) is 8.96. The molecule has 7 aromatic rings. The van der Waals surface area contributed by atoms with Crippen molar-refractivity contribution in [1.29, 1.82) is 0 Å². The Morgan fingerprint density at radius 3 is 2.15 bits per heavy atom. The largest absolute Gasteiger partial charge is 0.455 e. The number of pyridine rings is 1. The average Bonchev–Trinajstić information content (AvgIpc) is 3.45. The van der Waals surface area contributed by atoms with Crippen LogP contribution in [0.4, 0.5) is 0 Å². The summed E-state index contributed by atoms with van der Waals surface area (Å²) < 4.78 is 105. The molecule has 7 rings (SSSR count). The zero-order chi connectivity index (χ0) is 36.7. The van der Waals surface area contributed by atoms with E-state index >= 15 is 0 Å². The van der Waals surface area contributed by atoms with E-state index in [9.17, 15) is 0 Å². The molecule has 0 fully saturated rings. The van der Waals surface area contributed by atoms with E-state index in [0.29, 0.717) is 28.0 Å². The Morgan fingerprint density at radius 2 is 1.31 bits per heavy atom. The molecule has 0 bridgehead atoms. The maximum atomic E-state index is 8.49. The summed E-state index contributed by atoms with van der Waals surface area (Å²) in [7, 11) is 0. The van der Waals surface area contributed by atoms with Gasteiger partial charge in [-0.1, -0.05) is 84.4 Å². The molecular formula is C37H29NO. The highest BCUT2D eigenvalue weighted by atomic mass is 16.3. The minimum Gasteiger partial charge on any atom is -0.455 e. The SMILES string of the molecule is [2H]C([2H])([2H])c1ccc(-c2cc(C([2H])([2H])[2H])c(-c3cc(-c4cccc5c4oc4c6ccccc6ccc54)ncc3C([2H])([2H])[2H])cc2C([2H])([2H])[2H])cc1. The minimum atomic E-state index is -2.81. The van der Waals surface area contributed by atoms with Crippen LogP contribution >= 0.6 is 0 Å². The molecule has 2 nitrogen and oxygen atoms in total. The van der Waals surface area contributed by atoms with Crippen LogP contribution in [0.5, 0.6) is 0 Å². The van der Waals surface area contributed by atoms with Crippen LogP contribution in [0.15, 0.2) is 108 Å². The molecule has 0 saturated heterocycles. The maximum Gasteiger partial charge on any atom is 0.144 e. The monoisotopic (exact) mass is 515 g/mol. The van der Waals surface area contributed by atoms with Gasteiger partial charge in [-0.15, -0.1) is 0 Å². The Balaban J connectivity index is 1.50. The van der Waals surface area contributed by atoms with Gasteiger partial charge in [0.15, 0.2) is 0 Å². The summed E-state index contributed by atoms with van der Waals surface area (Å²) in [4.78, 5) is 4.52. The third-order valence-electron chi connectivity index (χ3n) is 7.21. The molecule has 0 atom stereocenters. The van der Waals surface area contributed by atoms with Gasteiger partial charge in [0.2, 0.25) is 0 Å². The van der Waals surface area contributed by atoms with E-state index in [1.165, 1.54) is 48.7 Å². The number of hydrogen-bond donors (Lipinski definition) is 0. The van der Waals surface area contributed by atoms with Crippen LogP contribution in [-0.4, -0.2) is 4.98 Å². The highest BCUT2D eigenvalue weighted by molar-refractivity contribution is 6.17. The molecule has 0 saturated carbocycles. The lowest BCUT2D eigenvalue weighted by molar-refractivity contribution is 0.673. The molecule has 2 heteroatoms. The molecule has 0 aliphatic carbocycles. The van der Waals surface area contributed by atoms with Crippen LogP contribution in [-0.2, 0) is 0 Å². The van der Waals surface area contributed by atoms with Gasteiger partial charge in [0.25, 0.3) is 0 Å². The van der Waals surface area contributed by atoms with Crippen molar-refractivity contribution in [1.82, 2.24) is 4.98 Å². The molecule has 0 N–H and O–H groups in total. The first-order valence-corrected chi connectivity index (χ1v) is 12.5. The van der Waals surface area contributed by atoms with Crippen molar-refractivity contribution in [3.63, 3.8) is 0 Å². The highest BCUT2D eigenvalue weighted by Gasteiger charge is 2.17. The second-order valence-electron chi connectivity index (χ2n) is 9.58. The molecule has 2 heterocycles. The van der Waals surface area contributed by atoms with Gasteiger partial charge in [0.1, 0.15) is 11.2 Å². The van der Waals surface area contributed by atoms with Gasteiger partial charge in [0, 0.05) is 44.4 Å². The van der Waals surface area contributed by atoms with Gasteiger partial charge in [0.05, 0.1) is 5.69 Å². The summed E-state index contributed by atoms with van der Waals surface area (Å²) in [6.07, 6.45) is 1.17. The summed E-state index contributed by atoms with van der Waals surface area (Å²) in [5.41, 5.74) is 1.51. The summed E-state index contributed by atoms with van der Waals surface area (Å²) in [6.45, 7) is -10.7. The molecular weight excluding hydrogens is 474 g/mol. The van der Waals surface area contributed by atoms with Crippen LogP contribution < -0.4 is 0 Å². The number of furan rings is 1. The number of hydrogen-bond acceptors (Lipinski definition) is 2. The Labute approximate surface area is 245 Å². The molecule has 0 spiro atoms. The second-order valence-corrected chi connectivity index (χ2v) is 9.58. The first-order chi connectivity index (χ1) is 23.8. The van der Waals surface area contributed by atoms with Gasteiger partial charge < -0.3 is 4.42 Å². The van der Waals surface area contributed by atoms with Crippen molar-refractivity contribution >= 4 is 32.7 Å². The third-order valence-corrected chi connectivity index (χ3v) is 7.21. The molecule has 39 heavy (non-hydrogen) atoms. The van der Waals surface area contributed by atoms with E-state index in [1.807, 2.05) is 48.5 Å². The first-order valence-electron chi connectivity index (χ1n) is 18.5. The number of aromatic nitrogens is 1. The molecule has 188 valence electrons. The first kappa shape index (κ1) is 13.9. The van der Waals surface area contributed by atoms with Gasteiger partial charge >= 0.3 is 0 Å². The lowest BCUT2D eigenvalue weighted by atomic mass is 9.90. The molecule has 5 aromatic carbocycles. The van der Waals surface area contributed by atoms with Gasteiger partial charge in [-0.05, 0) is 89.9 Å². The molecule has 0 radical (unpaired) electrons.